The van der Waals surface area contributed by atoms with Gasteiger partial charge in [-0.05, 0) is 44.7 Å². The molecule has 2 aliphatic rings. The van der Waals surface area contributed by atoms with Crippen molar-refractivity contribution in [2.75, 3.05) is 18.4 Å². The fourth-order valence-corrected chi connectivity index (χ4v) is 3.35. The van der Waals surface area contributed by atoms with Gasteiger partial charge < -0.3 is 10.2 Å². The van der Waals surface area contributed by atoms with Gasteiger partial charge in [0, 0.05) is 19.1 Å². The number of likely N-dealkylation sites (tertiary alicyclic amines) is 1. The van der Waals surface area contributed by atoms with E-state index < -0.39 is 5.82 Å². The van der Waals surface area contributed by atoms with Crippen LogP contribution >= 0.6 is 0 Å². The van der Waals surface area contributed by atoms with Crippen molar-refractivity contribution >= 4 is 17.8 Å². The molecule has 2 N–H and O–H groups in total. The van der Waals surface area contributed by atoms with Gasteiger partial charge in [0.1, 0.15) is 11.6 Å². The quantitative estimate of drug-likeness (QED) is 0.818. The molecule has 0 spiro atoms. The second kappa shape index (κ2) is 5.79. The van der Waals surface area contributed by atoms with E-state index in [1.807, 2.05) is 13.8 Å². The molecular formula is C16H21FN4O2. The molecule has 3 heterocycles. The van der Waals surface area contributed by atoms with Gasteiger partial charge in [0.15, 0.2) is 0 Å². The highest BCUT2D eigenvalue weighted by atomic mass is 19.1. The lowest BCUT2D eigenvalue weighted by Gasteiger charge is -2.50. The van der Waals surface area contributed by atoms with E-state index in [9.17, 15) is 14.0 Å². The summed E-state index contributed by atoms with van der Waals surface area (Å²) in [5, 5.41) is 5.66. The lowest BCUT2D eigenvalue weighted by molar-refractivity contribution is -0.146. The zero-order valence-corrected chi connectivity index (χ0v) is 13.3. The van der Waals surface area contributed by atoms with Gasteiger partial charge in [0.05, 0.1) is 11.6 Å². The van der Waals surface area contributed by atoms with Crippen LogP contribution in [-0.4, -0.2) is 41.0 Å². The molecule has 6 nitrogen and oxygen atoms in total. The Labute approximate surface area is 134 Å². The second-order valence-corrected chi connectivity index (χ2v) is 6.79. The Morgan fingerprint density at radius 3 is 2.61 bits per heavy atom. The van der Waals surface area contributed by atoms with Gasteiger partial charge in [-0.15, -0.1) is 0 Å². The number of pyridine rings is 1. The van der Waals surface area contributed by atoms with Crippen LogP contribution in [0.5, 0.6) is 0 Å². The number of hydrogen-bond acceptors (Lipinski definition) is 3. The fraction of sp³-hybridized carbons (Fsp3) is 0.562. The minimum atomic E-state index is -0.436. The predicted octanol–water partition coefficient (Wildman–Crippen LogP) is 1.99. The number of aromatic nitrogens is 1. The summed E-state index contributed by atoms with van der Waals surface area (Å²) in [7, 11) is 0. The SMILES string of the molecule is CC1(C)C(=O)N[C@H]1C1CCN(C(=O)Nc2ccc(F)cn2)CC1. The van der Waals surface area contributed by atoms with E-state index in [2.05, 4.69) is 15.6 Å². The minimum Gasteiger partial charge on any atom is -0.351 e. The van der Waals surface area contributed by atoms with Crippen molar-refractivity contribution in [1.82, 2.24) is 15.2 Å². The monoisotopic (exact) mass is 320 g/mol. The highest BCUT2D eigenvalue weighted by Gasteiger charge is 2.51. The zero-order chi connectivity index (χ0) is 16.6. The largest absolute Gasteiger partial charge is 0.351 e. The van der Waals surface area contributed by atoms with Crippen LogP contribution in [0.1, 0.15) is 26.7 Å². The van der Waals surface area contributed by atoms with Gasteiger partial charge in [-0.1, -0.05) is 0 Å². The molecule has 23 heavy (non-hydrogen) atoms. The molecule has 0 aromatic carbocycles. The maximum Gasteiger partial charge on any atom is 0.323 e. The number of urea groups is 1. The summed E-state index contributed by atoms with van der Waals surface area (Å²) in [6, 6.07) is 2.67. The summed E-state index contributed by atoms with van der Waals surface area (Å²) < 4.78 is 12.8. The molecule has 3 rings (SSSR count). The number of β-lactam (4-membered cyclic amide) rings is 1. The molecule has 124 valence electrons. The molecule has 7 heteroatoms. The average Bonchev–Trinajstić information content (AvgIpc) is 2.55. The normalized spacial score (nSPS) is 23.9. The van der Waals surface area contributed by atoms with Gasteiger partial charge in [0.25, 0.3) is 0 Å². The highest BCUT2D eigenvalue weighted by Crippen LogP contribution is 2.38. The van der Waals surface area contributed by atoms with E-state index in [1.54, 1.807) is 4.90 Å². The fourth-order valence-electron chi connectivity index (χ4n) is 3.35. The summed E-state index contributed by atoms with van der Waals surface area (Å²) >= 11 is 0. The Hall–Kier alpha value is -2.18. The number of piperidine rings is 1. The summed E-state index contributed by atoms with van der Waals surface area (Å²) in [4.78, 5) is 29.3. The van der Waals surface area contributed by atoms with Gasteiger partial charge in [-0.2, -0.15) is 0 Å². The number of rotatable bonds is 2. The van der Waals surface area contributed by atoms with Crippen LogP contribution < -0.4 is 10.6 Å². The number of nitrogens with one attached hydrogen (secondary N) is 2. The Kier molecular flexibility index (Phi) is 3.95. The Morgan fingerprint density at radius 2 is 2.09 bits per heavy atom. The number of anilines is 1. The molecule has 3 amide bonds. The Balaban J connectivity index is 1.52. The summed E-state index contributed by atoms with van der Waals surface area (Å²) in [6.07, 6.45) is 2.79. The Bertz CT molecular complexity index is 609. The first-order valence-corrected chi connectivity index (χ1v) is 7.86. The van der Waals surface area contributed by atoms with Gasteiger partial charge in [0.2, 0.25) is 5.91 Å². The van der Waals surface area contributed by atoms with Crippen LogP contribution in [-0.2, 0) is 4.79 Å². The van der Waals surface area contributed by atoms with E-state index >= 15 is 0 Å². The van der Waals surface area contributed by atoms with Crippen LogP contribution in [0.25, 0.3) is 0 Å². The summed E-state index contributed by atoms with van der Waals surface area (Å²) in [6.45, 7) is 5.21. The maximum atomic E-state index is 12.8. The van der Waals surface area contributed by atoms with Crippen LogP contribution in [0.2, 0.25) is 0 Å². The topological polar surface area (TPSA) is 74.3 Å². The third-order valence-corrected chi connectivity index (χ3v) is 4.91. The lowest BCUT2D eigenvalue weighted by atomic mass is 9.68. The molecule has 1 atom stereocenters. The van der Waals surface area contributed by atoms with Gasteiger partial charge in [-0.25, -0.2) is 14.2 Å². The first-order valence-electron chi connectivity index (χ1n) is 7.86. The van der Waals surface area contributed by atoms with Crippen molar-refractivity contribution < 1.29 is 14.0 Å². The molecule has 0 saturated carbocycles. The molecule has 2 aliphatic heterocycles. The number of halogens is 1. The third kappa shape index (κ3) is 3.00. The minimum absolute atomic E-state index is 0.102. The molecule has 2 saturated heterocycles. The average molecular weight is 320 g/mol. The van der Waals surface area contributed by atoms with Crippen molar-refractivity contribution in [2.45, 2.75) is 32.7 Å². The molecule has 2 fully saturated rings. The number of carbonyl (C=O) groups excluding carboxylic acids is 2. The lowest BCUT2D eigenvalue weighted by Crippen LogP contribution is -2.68. The molecule has 0 aliphatic carbocycles. The molecular weight excluding hydrogens is 299 g/mol. The highest BCUT2D eigenvalue weighted by molar-refractivity contribution is 5.89. The maximum absolute atomic E-state index is 12.8. The smallest absolute Gasteiger partial charge is 0.323 e. The van der Waals surface area contributed by atoms with E-state index in [4.69, 9.17) is 0 Å². The van der Waals surface area contributed by atoms with Gasteiger partial charge in [-0.3, -0.25) is 10.1 Å². The molecule has 1 aromatic rings. The predicted molar refractivity (Wildman–Crippen MR) is 83.2 cm³/mol. The summed E-state index contributed by atoms with van der Waals surface area (Å²) in [5.41, 5.74) is -0.312. The van der Waals surface area contributed by atoms with Crippen molar-refractivity contribution in [3.05, 3.63) is 24.1 Å². The molecule has 0 unspecified atom stereocenters. The van der Waals surface area contributed by atoms with Crippen LogP contribution in [0.15, 0.2) is 18.3 Å². The van der Waals surface area contributed by atoms with Crippen LogP contribution in [0, 0.1) is 17.2 Å². The number of carbonyl (C=O) groups is 2. The molecule has 0 bridgehead atoms. The van der Waals surface area contributed by atoms with Crippen molar-refractivity contribution in [1.29, 1.82) is 0 Å². The zero-order valence-electron chi connectivity index (χ0n) is 13.3. The first kappa shape index (κ1) is 15.7. The summed E-state index contributed by atoms with van der Waals surface area (Å²) in [5.74, 6) is 0.403. The standard InChI is InChI=1S/C16H21FN4O2/c1-16(2)13(20-14(16)22)10-5-7-21(8-6-10)15(23)19-12-4-3-11(17)9-18-12/h3-4,9-10,13H,5-8H2,1-2H3,(H,20,22)(H,18,19,23)/t13-/m0/s1. The second-order valence-electron chi connectivity index (χ2n) is 6.79. The van der Waals surface area contributed by atoms with Crippen molar-refractivity contribution in [3.63, 3.8) is 0 Å². The van der Waals surface area contributed by atoms with Crippen molar-refractivity contribution in [3.8, 4) is 0 Å². The van der Waals surface area contributed by atoms with E-state index in [1.165, 1.54) is 12.1 Å². The number of hydrogen-bond donors (Lipinski definition) is 2. The third-order valence-electron chi connectivity index (χ3n) is 4.91. The number of amides is 3. The first-order chi connectivity index (χ1) is 10.9. The molecule has 0 radical (unpaired) electrons. The van der Waals surface area contributed by atoms with Gasteiger partial charge >= 0.3 is 6.03 Å². The Morgan fingerprint density at radius 1 is 1.39 bits per heavy atom. The van der Waals surface area contributed by atoms with E-state index in [-0.39, 0.29) is 23.4 Å². The van der Waals surface area contributed by atoms with Crippen LogP contribution in [0.3, 0.4) is 0 Å². The van der Waals surface area contributed by atoms with E-state index in [0.717, 1.165) is 19.0 Å². The molecule has 1 aromatic heterocycles. The van der Waals surface area contributed by atoms with E-state index in [0.29, 0.717) is 24.8 Å². The number of nitrogens with zero attached hydrogens (tertiary/aromatic N) is 2. The van der Waals surface area contributed by atoms with Crippen LogP contribution in [0.4, 0.5) is 15.0 Å². The van der Waals surface area contributed by atoms with Crippen molar-refractivity contribution in [2.24, 2.45) is 11.3 Å².